The van der Waals surface area contributed by atoms with Gasteiger partial charge in [0.15, 0.2) is 0 Å². The number of amides is 2. The summed E-state index contributed by atoms with van der Waals surface area (Å²) >= 11 is 0. The summed E-state index contributed by atoms with van der Waals surface area (Å²) < 4.78 is 0. The topological polar surface area (TPSA) is 76.7 Å². The van der Waals surface area contributed by atoms with Crippen molar-refractivity contribution in [2.24, 2.45) is 0 Å². The van der Waals surface area contributed by atoms with E-state index in [1.807, 2.05) is 0 Å². The second-order valence-electron chi connectivity index (χ2n) is 5.70. The third kappa shape index (κ3) is 5.27. The van der Waals surface area contributed by atoms with Crippen molar-refractivity contribution in [2.75, 3.05) is 0 Å². The Morgan fingerprint density at radius 2 is 1.00 bits per heavy atom. The molecule has 0 spiro atoms. The molecule has 0 aliphatic heterocycles. The Bertz CT molecular complexity index is 291. The van der Waals surface area contributed by atoms with Crippen LogP contribution in [0.2, 0.25) is 0 Å². The van der Waals surface area contributed by atoms with Gasteiger partial charge in [-0.1, -0.05) is 38.5 Å². The minimum absolute atomic E-state index is 0.140. The first kappa shape index (κ1) is 14.9. The van der Waals surface area contributed by atoms with Crippen LogP contribution in [0, 0.1) is 0 Å². The van der Waals surface area contributed by atoms with Gasteiger partial charge in [-0.15, -0.1) is 0 Å². The number of hydrogen-bond donors (Lipinski definition) is 2. The molecule has 0 saturated heterocycles. The lowest BCUT2D eigenvalue weighted by Crippen LogP contribution is -2.40. The van der Waals surface area contributed by atoms with Crippen LogP contribution in [-0.2, 0) is 9.78 Å². The average Bonchev–Trinajstić information content (AvgIpc) is 2.47. The maximum atomic E-state index is 11.5. The lowest BCUT2D eigenvalue weighted by atomic mass is 9.96. The molecule has 2 fully saturated rings. The van der Waals surface area contributed by atoms with Crippen molar-refractivity contribution in [3.63, 3.8) is 0 Å². The zero-order valence-corrected chi connectivity index (χ0v) is 11.9. The standard InChI is InChI=1S/C14H24N2O4/c17-13(15-11-7-3-1-4-8-11)19-20-14(18)16-12-9-5-2-6-10-12/h11-12H,1-10H2,(H,15,17)(H,16,18). The van der Waals surface area contributed by atoms with E-state index in [2.05, 4.69) is 20.4 Å². The van der Waals surface area contributed by atoms with Gasteiger partial charge < -0.3 is 10.6 Å². The SMILES string of the molecule is O=C(NC1CCCCC1)OOC(=O)NC1CCCCC1. The molecule has 2 rings (SSSR count). The van der Waals surface area contributed by atoms with Gasteiger partial charge in [0, 0.05) is 12.1 Å². The summed E-state index contributed by atoms with van der Waals surface area (Å²) in [5, 5.41) is 5.42. The van der Waals surface area contributed by atoms with Gasteiger partial charge in [0.05, 0.1) is 0 Å². The summed E-state index contributed by atoms with van der Waals surface area (Å²) in [4.78, 5) is 31.9. The van der Waals surface area contributed by atoms with Gasteiger partial charge in [-0.05, 0) is 25.7 Å². The largest absolute Gasteiger partial charge is 0.450 e. The van der Waals surface area contributed by atoms with Crippen LogP contribution in [0.15, 0.2) is 0 Å². The Balaban J connectivity index is 1.58. The molecule has 0 aromatic rings. The molecular formula is C14H24N2O4. The van der Waals surface area contributed by atoms with Crippen LogP contribution in [0.4, 0.5) is 9.59 Å². The van der Waals surface area contributed by atoms with Crippen molar-refractivity contribution in [3.8, 4) is 0 Å². The van der Waals surface area contributed by atoms with Crippen molar-refractivity contribution in [1.29, 1.82) is 0 Å². The summed E-state index contributed by atoms with van der Waals surface area (Å²) in [6, 6.07) is 0.280. The summed E-state index contributed by atoms with van der Waals surface area (Å²) in [6.45, 7) is 0. The molecule has 0 aromatic carbocycles. The molecule has 0 radical (unpaired) electrons. The number of hydrogen-bond acceptors (Lipinski definition) is 4. The molecule has 2 saturated carbocycles. The fourth-order valence-electron chi connectivity index (χ4n) is 2.95. The number of nitrogens with one attached hydrogen (secondary N) is 2. The van der Waals surface area contributed by atoms with E-state index >= 15 is 0 Å². The molecule has 2 N–H and O–H groups in total. The normalized spacial score (nSPS) is 21.0. The molecule has 0 atom stereocenters. The summed E-state index contributed by atoms with van der Waals surface area (Å²) in [5.74, 6) is 0. The van der Waals surface area contributed by atoms with Gasteiger partial charge in [-0.25, -0.2) is 19.4 Å². The molecule has 114 valence electrons. The smallest absolute Gasteiger partial charge is 0.316 e. The zero-order chi connectivity index (χ0) is 14.2. The van der Waals surface area contributed by atoms with E-state index in [-0.39, 0.29) is 12.1 Å². The summed E-state index contributed by atoms with van der Waals surface area (Å²) in [6.07, 6.45) is 9.39. The number of rotatable bonds is 2. The Kier molecular flexibility index (Phi) is 5.95. The monoisotopic (exact) mass is 284 g/mol. The molecule has 6 nitrogen and oxygen atoms in total. The zero-order valence-electron chi connectivity index (χ0n) is 11.9. The molecule has 0 aromatic heterocycles. The fourth-order valence-corrected chi connectivity index (χ4v) is 2.95. The molecule has 2 aliphatic rings. The highest BCUT2D eigenvalue weighted by Crippen LogP contribution is 2.18. The van der Waals surface area contributed by atoms with E-state index in [0.717, 1.165) is 51.4 Å². The molecule has 0 bridgehead atoms. The molecule has 0 heterocycles. The van der Waals surface area contributed by atoms with Crippen molar-refractivity contribution >= 4 is 12.2 Å². The number of carbonyl (C=O) groups is 2. The molecule has 6 heteroatoms. The van der Waals surface area contributed by atoms with E-state index in [0.29, 0.717) is 0 Å². The van der Waals surface area contributed by atoms with Crippen LogP contribution in [0.1, 0.15) is 64.2 Å². The van der Waals surface area contributed by atoms with Gasteiger partial charge in [-0.3, -0.25) is 0 Å². The van der Waals surface area contributed by atoms with Gasteiger partial charge in [0.25, 0.3) is 0 Å². The predicted molar refractivity (Wildman–Crippen MR) is 73.0 cm³/mol. The van der Waals surface area contributed by atoms with Gasteiger partial charge in [0.1, 0.15) is 0 Å². The molecule has 2 aliphatic carbocycles. The van der Waals surface area contributed by atoms with Crippen molar-refractivity contribution in [2.45, 2.75) is 76.3 Å². The van der Waals surface area contributed by atoms with E-state index in [1.165, 1.54) is 12.8 Å². The highest BCUT2D eigenvalue weighted by molar-refractivity contribution is 5.71. The van der Waals surface area contributed by atoms with E-state index in [4.69, 9.17) is 0 Å². The third-order valence-electron chi connectivity index (χ3n) is 4.05. The first-order valence-corrected chi connectivity index (χ1v) is 7.69. The quantitative estimate of drug-likeness (QED) is 0.603. The minimum Gasteiger partial charge on any atom is -0.316 e. The van der Waals surface area contributed by atoms with Crippen molar-refractivity contribution < 1.29 is 19.4 Å². The van der Waals surface area contributed by atoms with Crippen molar-refractivity contribution in [3.05, 3.63) is 0 Å². The minimum atomic E-state index is -0.685. The van der Waals surface area contributed by atoms with Gasteiger partial charge >= 0.3 is 12.2 Å². The molecular weight excluding hydrogens is 260 g/mol. The second kappa shape index (κ2) is 7.97. The summed E-state index contributed by atoms with van der Waals surface area (Å²) in [5.41, 5.74) is 0. The summed E-state index contributed by atoms with van der Waals surface area (Å²) in [7, 11) is 0. The lowest BCUT2D eigenvalue weighted by Gasteiger charge is -2.22. The first-order valence-electron chi connectivity index (χ1n) is 7.69. The van der Waals surface area contributed by atoms with Crippen molar-refractivity contribution in [1.82, 2.24) is 10.6 Å². The highest BCUT2D eigenvalue weighted by atomic mass is 17.2. The maximum absolute atomic E-state index is 11.5. The Morgan fingerprint density at radius 3 is 1.35 bits per heavy atom. The Labute approximate surface area is 119 Å². The average molecular weight is 284 g/mol. The number of carbonyl (C=O) groups excluding carboxylic acids is 2. The molecule has 20 heavy (non-hydrogen) atoms. The van der Waals surface area contributed by atoms with Crippen LogP contribution in [0.25, 0.3) is 0 Å². The van der Waals surface area contributed by atoms with Crippen LogP contribution < -0.4 is 10.6 Å². The predicted octanol–water partition coefficient (Wildman–Crippen LogP) is 3.02. The van der Waals surface area contributed by atoms with Crippen LogP contribution in [0.3, 0.4) is 0 Å². The van der Waals surface area contributed by atoms with Gasteiger partial charge in [-0.2, -0.15) is 0 Å². The third-order valence-corrected chi connectivity index (χ3v) is 4.05. The Morgan fingerprint density at radius 1 is 0.650 bits per heavy atom. The highest BCUT2D eigenvalue weighted by Gasteiger charge is 2.20. The fraction of sp³-hybridized carbons (Fsp3) is 0.857. The maximum Gasteiger partial charge on any atom is 0.450 e. The Hall–Kier alpha value is -1.46. The van der Waals surface area contributed by atoms with Crippen LogP contribution in [-0.4, -0.2) is 24.3 Å². The van der Waals surface area contributed by atoms with Crippen LogP contribution in [0.5, 0.6) is 0 Å². The molecule has 2 amide bonds. The van der Waals surface area contributed by atoms with E-state index in [1.54, 1.807) is 0 Å². The first-order chi connectivity index (χ1) is 9.74. The lowest BCUT2D eigenvalue weighted by molar-refractivity contribution is -0.180. The van der Waals surface area contributed by atoms with Gasteiger partial charge in [0.2, 0.25) is 0 Å². The second-order valence-corrected chi connectivity index (χ2v) is 5.70. The van der Waals surface area contributed by atoms with E-state index in [9.17, 15) is 9.59 Å². The van der Waals surface area contributed by atoms with E-state index < -0.39 is 12.2 Å². The molecule has 0 unspecified atom stereocenters. The van der Waals surface area contributed by atoms with Crippen LogP contribution >= 0.6 is 0 Å².